The first kappa shape index (κ1) is 17.3. The Hall–Kier alpha value is -2.51. The maximum atomic E-state index is 12.5. The SMILES string of the molecule is Cc1cccc2c1CC[C@H]2NC(=O)C1=C(O)C(=O)N(CC(F)(F)F)C1. The lowest BCUT2D eigenvalue weighted by Gasteiger charge is -2.18. The number of nitrogens with one attached hydrogen (secondary N) is 1. The first-order valence-corrected chi connectivity index (χ1v) is 7.85. The topological polar surface area (TPSA) is 69.6 Å². The van der Waals surface area contributed by atoms with E-state index in [2.05, 4.69) is 5.32 Å². The molecule has 0 aromatic heterocycles. The van der Waals surface area contributed by atoms with Crippen LogP contribution in [0.2, 0.25) is 0 Å². The van der Waals surface area contributed by atoms with Crippen molar-refractivity contribution in [1.29, 1.82) is 0 Å². The molecule has 0 radical (unpaired) electrons. The molecule has 1 atom stereocenters. The van der Waals surface area contributed by atoms with E-state index in [-0.39, 0.29) is 11.6 Å². The van der Waals surface area contributed by atoms with Gasteiger partial charge in [0.1, 0.15) is 6.54 Å². The summed E-state index contributed by atoms with van der Waals surface area (Å²) in [7, 11) is 0. The van der Waals surface area contributed by atoms with Gasteiger partial charge in [-0.2, -0.15) is 13.2 Å². The van der Waals surface area contributed by atoms with Crippen LogP contribution in [0.3, 0.4) is 0 Å². The van der Waals surface area contributed by atoms with E-state index in [0.29, 0.717) is 11.3 Å². The number of carbonyl (C=O) groups is 2. The molecule has 1 aliphatic heterocycles. The molecule has 0 fully saturated rings. The highest BCUT2D eigenvalue weighted by Gasteiger charge is 2.41. The fourth-order valence-corrected chi connectivity index (χ4v) is 3.37. The van der Waals surface area contributed by atoms with Crippen molar-refractivity contribution in [2.24, 2.45) is 0 Å². The number of alkyl halides is 3. The molecule has 2 aliphatic rings. The monoisotopic (exact) mass is 354 g/mol. The van der Waals surface area contributed by atoms with Crippen LogP contribution in [-0.2, 0) is 16.0 Å². The van der Waals surface area contributed by atoms with E-state index in [9.17, 15) is 27.9 Å². The zero-order valence-electron chi connectivity index (χ0n) is 13.5. The Labute approximate surface area is 142 Å². The predicted octanol–water partition coefficient (Wildman–Crippen LogP) is 2.32. The van der Waals surface area contributed by atoms with Gasteiger partial charge in [-0.3, -0.25) is 9.59 Å². The summed E-state index contributed by atoms with van der Waals surface area (Å²) in [6.45, 7) is -0.0798. The third-order valence-corrected chi connectivity index (χ3v) is 4.58. The normalized spacial score (nSPS) is 20.2. The minimum absolute atomic E-state index is 0.283. The lowest BCUT2D eigenvalue weighted by Crippen LogP contribution is -2.37. The summed E-state index contributed by atoms with van der Waals surface area (Å²) >= 11 is 0. The number of amides is 2. The van der Waals surface area contributed by atoms with Gasteiger partial charge in [0.25, 0.3) is 11.8 Å². The van der Waals surface area contributed by atoms with Gasteiger partial charge in [0.05, 0.1) is 18.2 Å². The molecule has 0 saturated heterocycles. The van der Waals surface area contributed by atoms with E-state index in [1.165, 1.54) is 0 Å². The molecule has 3 rings (SSSR count). The van der Waals surface area contributed by atoms with Crippen molar-refractivity contribution in [3.8, 4) is 0 Å². The van der Waals surface area contributed by atoms with Crippen LogP contribution in [0.15, 0.2) is 29.5 Å². The molecule has 8 heteroatoms. The quantitative estimate of drug-likeness (QED) is 0.875. The summed E-state index contributed by atoms with van der Waals surface area (Å²) in [6, 6.07) is 5.46. The van der Waals surface area contributed by atoms with Crippen molar-refractivity contribution in [3.63, 3.8) is 0 Å². The molecule has 134 valence electrons. The van der Waals surface area contributed by atoms with Gasteiger partial charge in [0.2, 0.25) is 0 Å². The number of fused-ring (bicyclic) bond motifs is 1. The molecule has 2 N–H and O–H groups in total. The number of aliphatic hydroxyl groups excluding tert-OH is 1. The summed E-state index contributed by atoms with van der Waals surface area (Å²) in [6.07, 6.45) is -3.14. The molecule has 1 aliphatic carbocycles. The number of hydrogen-bond donors (Lipinski definition) is 2. The third-order valence-electron chi connectivity index (χ3n) is 4.58. The first-order valence-electron chi connectivity index (χ1n) is 7.85. The molecule has 0 unspecified atom stereocenters. The highest BCUT2D eigenvalue weighted by Crippen LogP contribution is 2.33. The molecule has 0 saturated carbocycles. The lowest BCUT2D eigenvalue weighted by atomic mass is 10.0. The number of aryl methyl sites for hydroxylation is 1. The van der Waals surface area contributed by atoms with Crippen molar-refractivity contribution in [1.82, 2.24) is 10.2 Å². The van der Waals surface area contributed by atoms with E-state index in [4.69, 9.17) is 0 Å². The number of benzene rings is 1. The van der Waals surface area contributed by atoms with Crippen molar-refractivity contribution in [3.05, 3.63) is 46.2 Å². The second-order valence-corrected chi connectivity index (χ2v) is 6.31. The maximum absolute atomic E-state index is 12.5. The Morgan fingerprint density at radius 1 is 1.40 bits per heavy atom. The number of aliphatic hydroxyl groups is 1. The van der Waals surface area contributed by atoms with Crippen LogP contribution in [0, 0.1) is 6.92 Å². The highest BCUT2D eigenvalue weighted by atomic mass is 19.4. The summed E-state index contributed by atoms with van der Waals surface area (Å²) in [5, 5.41) is 12.5. The second-order valence-electron chi connectivity index (χ2n) is 6.31. The summed E-state index contributed by atoms with van der Waals surface area (Å²) < 4.78 is 37.4. The van der Waals surface area contributed by atoms with Gasteiger partial charge in [-0.05, 0) is 36.5 Å². The second kappa shape index (κ2) is 6.09. The minimum Gasteiger partial charge on any atom is -0.503 e. The van der Waals surface area contributed by atoms with E-state index in [1.54, 1.807) is 0 Å². The lowest BCUT2D eigenvalue weighted by molar-refractivity contribution is -0.157. The van der Waals surface area contributed by atoms with E-state index in [0.717, 1.165) is 23.1 Å². The zero-order chi connectivity index (χ0) is 18.4. The van der Waals surface area contributed by atoms with Crippen LogP contribution in [0.1, 0.15) is 29.2 Å². The molecule has 5 nitrogen and oxygen atoms in total. The van der Waals surface area contributed by atoms with E-state index < -0.39 is 36.8 Å². The smallest absolute Gasteiger partial charge is 0.406 e. The average molecular weight is 354 g/mol. The Balaban J connectivity index is 1.73. The summed E-state index contributed by atoms with van der Waals surface area (Å²) in [5.74, 6) is -2.80. The minimum atomic E-state index is -4.59. The standard InChI is InChI=1S/C17H17F3N2O3/c1-9-3-2-4-11-10(9)5-6-13(11)21-15(24)12-7-22(8-17(18,19)20)16(25)14(12)23/h2-4,13,23H,5-8H2,1H3,(H,21,24)/t13-/m1/s1. The van der Waals surface area contributed by atoms with Gasteiger partial charge >= 0.3 is 6.18 Å². The van der Waals surface area contributed by atoms with E-state index in [1.807, 2.05) is 25.1 Å². The number of carbonyl (C=O) groups excluding carboxylic acids is 2. The maximum Gasteiger partial charge on any atom is 0.406 e. The first-order chi connectivity index (χ1) is 11.7. The van der Waals surface area contributed by atoms with Gasteiger partial charge in [0, 0.05) is 0 Å². The molecule has 0 spiro atoms. The molecule has 25 heavy (non-hydrogen) atoms. The molecular formula is C17H17F3N2O3. The average Bonchev–Trinajstić information content (AvgIpc) is 3.04. The number of nitrogens with zero attached hydrogens (tertiary/aromatic N) is 1. The van der Waals surface area contributed by atoms with Crippen molar-refractivity contribution in [2.75, 3.05) is 13.1 Å². The Morgan fingerprint density at radius 3 is 2.80 bits per heavy atom. The zero-order valence-corrected chi connectivity index (χ0v) is 13.5. The van der Waals surface area contributed by atoms with Gasteiger partial charge in [-0.25, -0.2) is 0 Å². The molecule has 1 aromatic carbocycles. The van der Waals surface area contributed by atoms with Crippen molar-refractivity contribution >= 4 is 11.8 Å². The number of halogens is 3. The van der Waals surface area contributed by atoms with E-state index >= 15 is 0 Å². The van der Waals surface area contributed by atoms with Crippen LogP contribution < -0.4 is 5.32 Å². The van der Waals surface area contributed by atoms with Crippen LogP contribution >= 0.6 is 0 Å². The molecule has 0 bridgehead atoms. The van der Waals surface area contributed by atoms with Crippen molar-refractivity contribution in [2.45, 2.75) is 32.0 Å². The number of rotatable bonds is 3. The fraction of sp³-hybridized carbons (Fsp3) is 0.412. The molecular weight excluding hydrogens is 337 g/mol. The van der Waals surface area contributed by atoms with Crippen LogP contribution in [0.5, 0.6) is 0 Å². The fourth-order valence-electron chi connectivity index (χ4n) is 3.37. The Bertz CT molecular complexity index is 771. The number of hydrogen-bond acceptors (Lipinski definition) is 3. The molecule has 1 heterocycles. The Morgan fingerprint density at radius 2 is 2.12 bits per heavy atom. The summed E-state index contributed by atoms with van der Waals surface area (Å²) in [4.78, 5) is 24.5. The van der Waals surface area contributed by atoms with Crippen LogP contribution in [0.4, 0.5) is 13.2 Å². The molecule has 2 amide bonds. The molecule has 1 aromatic rings. The predicted molar refractivity (Wildman–Crippen MR) is 82.7 cm³/mol. The van der Waals surface area contributed by atoms with Crippen molar-refractivity contribution < 1.29 is 27.9 Å². The largest absolute Gasteiger partial charge is 0.503 e. The van der Waals surface area contributed by atoms with Crippen LogP contribution in [-0.4, -0.2) is 41.1 Å². The van der Waals surface area contributed by atoms with Gasteiger partial charge in [0.15, 0.2) is 5.76 Å². The van der Waals surface area contributed by atoms with Crippen LogP contribution in [0.25, 0.3) is 0 Å². The van der Waals surface area contributed by atoms with Gasteiger partial charge < -0.3 is 15.3 Å². The third kappa shape index (κ3) is 3.33. The summed E-state index contributed by atoms with van der Waals surface area (Å²) in [5.41, 5.74) is 2.90. The Kier molecular flexibility index (Phi) is 4.22. The van der Waals surface area contributed by atoms with Gasteiger partial charge in [-0.1, -0.05) is 18.2 Å². The highest BCUT2D eigenvalue weighted by molar-refractivity contribution is 6.07. The van der Waals surface area contributed by atoms with Gasteiger partial charge in [-0.15, -0.1) is 0 Å².